The Morgan fingerprint density at radius 1 is 0.155 bits per heavy atom. The van der Waals surface area contributed by atoms with Crippen LogP contribution in [-0.2, 0) is 0 Å². The third kappa shape index (κ3) is 12.8. The van der Waals surface area contributed by atoms with Crippen molar-refractivity contribution in [1.82, 2.24) is 34.9 Å². The van der Waals surface area contributed by atoms with Crippen molar-refractivity contribution in [3.8, 4) is 135 Å². The van der Waals surface area contributed by atoms with Gasteiger partial charge >= 0.3 is 0 Å². The van der Waals surface area contributed by atoms with Crippen molar-refractivity contribution in [2.75, 3.05) is 0 Å². The largest absolute Gasteiger partial charge is 0.255 e. The maximum absolute atomic E-state index is 5.50. The molecule has 0 amide bonds. The number of pyridine rings is 5. The molecule has 16 aromatic carbocycles. The summed E-state index contributed by atoms with van der Waals surface area (Å²) in [4.78, 5) is 35.4. The van der Waals surface area contributed by atoms with Crippen LogP contribution in [0.4, 0.5) is 0 Å². The number of aromatic nitrogens is 7. The molecule has 0 aliphatic heterocycles. The van der Waals surface area contributed by atoms with E-state index in [1.54, 1.807) is 12.4 Å². The highest BCUT2D eigenvalue weighted by Gasteiger charge is 2.22. The standard InChI is InChI=1S/C63H39N3.C46H30N4/c1-2-17-40(18-3-1)62-55-33-16-32-49(61(55)54-31-12-13-34-58(54)64-62)43-23-14-21-41(35-43)42-22-15-24-46(36-42)59-39-60(56-37-44-19-4-6-25-47(44)50-27-8-10-29-52(50)56)66-63(65-59)57-38-45-20-5-7-26-48(45)51-28-9-11-30-53(51)57;1-2-12-33(13-3-1)46-39-18-11-17-37(45(39)38-16-4-5-19-40(38)50-46)35-15-10-14-34(28-35)31-22-24-32(25-23-31)36-29-43(41-20-6-8-26-47-41)49-44(30-36)42-21-7-9-27-48-42/h1-39H;1-30H. The molecule has 0 fully saturated rings. The van der Waals surface area contributed by atoms with Gasteiger partial charge in [-0.25, -0.2) is 24.9 Å². The van der Waals surface area contributed by atoms with Crippen molar-refractivity contribution in [3.63, 3.8) is 0 Å². The fourth-order valence-electron chi connectivity index (χ4n) is 16.9. The van der Waals surface area contributed by atoms with Gasteiger partial charge in [-0.3, -0.25) is 9.97 Å². The van der Waals surface area contributed by atoms with Crippen molar-refractivity contribution < 1.29 is 0 Å². The Morgan fingerprint density at radius 3 is 1.03 bits per heavy atom. The van der Waals surface area contributed by atoms with Crippen molar-refractivity contribution in [2.45, 2.75) is 0 Å². The molecule has 0 saturated carbocycles. The smallest absolute Gasteiger partial charge is 0.161 e. The lowest BCUT2D eigenvalue weighted by Gasteiger charge is -2.16. The summed E-state index contributed by atoms with van der Waals surface area (Å²) in [6.07, 6.45) is 3.60. The van der Waals surface area contributed by atoms with Gasteiger partial charge in [0.05, 0.1) is 56.6 Å². The number of benzene rings is 16. The molecule has 0 saturated heterocycles. The average molecular weight is 1480 g/mol. The summed E-state index contributed by atoms with van der Waals surface area (Å²) in [5, 5.41) is 16.5. The van der Waals surface area contributed by atoms with Crippen LogP contribution in [0.3, 0.4) is 0 Å². The summed E-state index contributed by atoms with van der Waals surface area (Å²) in [6.45, 7) is 0. The van der Waals surface area contributed by atoms with Crippen molar-refractivity contribution >= 4 is 86.4 Å². The van der Waals surface area contributed by atoms with Crippen LogP contribution in [0.15, 0.2) is 419 Å². The highest BCUT2D eigenvalue weighted by atomic mass is 14.9. The SMILES string of the molecule is c1ccc(-c2nc3ccccc3c3c(-c4cccc(-c5ccc(-c6cc(-c7ccccn7)nc(-c7ccccn7)c6)cc5)c4)cccc23)cc1.c1ccc(-c2nc3ccccc3c3c(-c4cccc(-c5cccc(-c6cc(-c7cc8ccccc8c8ccccc78)nc(-c7cc8ccccc8c8ccccc78)n6)c5)c4)cccc23)cc1. The van der Waals surface area contributed by atoms with Gasteiger partial charge in [-0.15, -0.1) is 0 Å². The number of hydrogen-bond donors (Lipinski definition) is 0. The molecule has 0 bridgehead atoms. The Hall–Kier alpha value is -15.6. The molecule has 22 aromatic rings. The Bertz CT molecular complexity index is 7370. The zero-order valence-corrected chi connectivity index (χ0v) is 63.0. The minimum Gasteiger partial charge on any atom is -0.255 e. The molecule has 0 unspecified atom stereocenters. The monoisotopic (exact) mass is 1480 g/mol. The maximum atomic E-state index is 5.50. The highest BCUT2D eigenvalue weighted by Crippen LogP contribution is 2.45. The summed E-state index contributed by atoms with van der Waals surface area (Å²) in [5.74, 6) is 0.696. The van der Waals surface area contributed by atoms with Gasteiger partial charge in [0, 0.05) is 72.5 Å². The van der Waals surface area contributed by atoms with Crippen LogP contribution < -0.4 is 0 Å². The zero-order valence-electron chi connectivity index (χ0n) is 63.0. The van der Waals surface area contributed by atoms with E-state index in [0.29, 0.717) is 5.82 Å². The molecule has 0 N–H and O–H groups in total. The molecular formula is C109H69N7. The van der Waals surface area contributed by atoms with Crippen molar-refractivity contribution in [2.24, 2.45) is 0 Å². The van der Waals surface area contributed by atoms with E-state index in [4.69, 9.17) is 24.9 Å². The predicted molar refractivity (Wildman–Crippen MR) is 483 cm³/mol. The van der Waals surface area contributed by atoms with Gasteiger partial charge in [-0.05, 0) is 184 Å². The van der Waals surface area contributed by atoms with Gasteiger partial charge in [-0.2, -0.15) is 0 Å². The minimum absolute atomic E-state index is 0.696. The summed E-state index contributed by atoms with van der Waals surface area (Å²) >= 11 is 0. The Morgan fingerprint density at radius 2 is 0.526 bits per heavy atom. The molecule has 7 heteroatoms. The van der Waals surface area contributed by atoms with Gasteiger partial charge in [0.2, 0.25) is 0 Å². The topological polar surface area (TPSA) is 90.2 Å². The van der Waals surface area contributed by atoms with Crippen LogP contribution in [-0.4, -0.2) is 34.9 Å². The maximum Gasteiger partial charge on any atom is 0.161 e. The van der Waals surface area contributed by atoms with Crippen LogP contribution in [0.1, 0.15) is 0 Å². The molecule has 6 aromatic heterocycles. The summed E-state index contributed by atoms with van der Waals surface area (Å²) < 4.78 is 0. The first kappa shape index (κ1) is 68.5. The molecule has 7 nitrogen and oxygen atoms in total. The molecule has 540 valence electrons. The molecule has 0 atom stereocenters. The Balaban J connectivity index is 0.000000151. The Kier molecular flexibility index (Phi) is 17.5. The highest BCUT2D eigenvalue weighted by molar-refractivity contribution is 6.20. The third-order valence-electron chi connectivity index (χ3n) is 22.4. The summed E-state index contributed by atoms with van der Waals surface area (Å²) in [6, 6.07) is 144. The van der Waals surface area contributed by atoms with E-state index in [1.165, 1.54) is 54.4 Å². The first-order valence-electron chi connectivity index (χ1n) is 39.2. The van der Waals surface area contributed by atoms with E-state index in [1.807, 2.05) is 42.5 Å². The van der Waals surface area contributed by atoms with Gasteiger partial charge in [0.15, 0.2) is 5.82 Å². The number of rotatable bonds is 12. The summed E-state index contributed by atoms with van der Waals surface area (Å²) in [5.41, 5.74) is 25.7. The molecule has 6 heterocycles. The van der Waals surface area contributed by atoms with Gasteiger partial charge in [0.25, 0.3) is 0 Å². The molecule has 0 aliphatic rings. The molecular weight excluding hydrogens is 1410 g/mol. The third-order valence-corrected chi connectivity index (χ3v) is 22.4. The van der Waals surface area contributed by atoms with Crippen LogP contribution in [0, 0.1) is 0 Å². The Labute approximate surface area is 670 Å². The van der Waals surface area contributed by atoms with E-state index < -0.39 is 0 Å². The average Bonchev–Trinajstić information content (AvgIpc) is 0.752. The van der Waals surface area contributed by atoms with Gasteiger partial charge in [0.1, 0.15) is 0 Å². The first-order valence-corrected chi connectivity index (χ1v) is 39.2. The quantitative estimate of drug-likeness (QED) is 0.113. The lowest BCUT2D eigenvalue weighted by Crippen LogP contribution is -1.98. The molecule has 116 heavy (non-hydrogen) atoms. The summed E-state index contributed by atoms with van der Waals surface area (Å²) in [7, 11) is 0. The van der Waals surface area contributed by atoms with E-state index in [0.717, 1.165) is 161 Å². The molecule has 22 rings (SSSR count). The normalized spacial score (nSPS) is 11.4. The molecule has 0 spiro atoms. The van der Waals surface area contributed by atoms with Crippen LogP contribution in [0.25, 0.3) is 221 Å². The van der Waals surface area contributed by atoms with E-state index in [9.17, 15) is 0 Å². The lowest BCUT2D eigenvalue weighted by atomic mass is 9.91. The number of fused-ring (bicyclic) bond motifs is 12. The lowest BCUT2D eigenvalue weighted by molar-refractivity contribution is 1.19. The van der Waals surface area contributed by atoms with Crippen LogP contribution in [0.5, 0.6) is 0 Å². The first-order chi connectivity index (χ1) is 57.5. The number of hydrogen-bond acceptors (Lipinski definition) is 7. The second-order valence-corrected chi connectivity index (χ2v) is 29.4. The second kappa shape index (κ2) is 29.6. The van der Waals surface area contributed by atoms with E-state index in [-0.39, 0.29) is 0 Å². The van der Waals surface area contributed by atoms with Gasteiger partial charge < -0.3 is 0 Å². The number of nitrogens with zero attached hydrogens (tertiary/aromatic N) is 7. The predicted octanol–water partition coefficient (Wildman–Crippen LogP) is 28.4. The van der Waals surface area contributed by atoms with Crippen LogP contribution in [0.2, 0.25) is 0 Å². The fraction of sp³-hybridized carbons (Fsp3) is 0. The van der Waals surface area contributed by atoms with Gasteiger partial charge in [-0.1, -0.05) is 322 Å². The zero-order chi connectivity index (χ0) is 76.8. The minimum atomic E-state index is 0.696. The van der Waals surface area contributed by atoms with Crippen molar-refractivity contribution in [3.05, 3.63) is 419 Å². The van der Waals surface area contributed by atoms with E-state index >= 15 is 0 Å². The van der Waals surface area contributed by atoms with Crippen LogP contribution >= 0.6 is 0 Å². The molecule has 0 aliphatic carbocycles. The second-order valence-electron chi connectivity index (χ2n) is 29.4. The number of para-hydroxylation sites is 2. The fourth-order valence-corrected chi connectivity index (χ4v) is 16.9. The van der Waals surface area contributed by atoms with E-state index in [2.05, 4.69) is 374 Å². The van der Waals surface area contributed by atoms with Crippen molar-refractivity contribution in [1.29, 1.82) is 0 Å². The molecule has 0 radical (unpaired) electrons.